The fourth-order valence-electron chi connectivity index (χ4n) is 2.55. The van der Waals surface area contributed by atoms with Crippen LogP contribution in [-0.4, -0.2) is 13.0 Å². The normalized spacial score (nSPS) is 10.2. The van der Waals surface area contributed by atoms with E-state index in [0.717, 1.165) is 22.7 Å². The maximum absolute atomic E-state index is 12.2. The van der Waals surface area contributed by atoms with Crippen molar-refractivity contribution < 1.29 is 9.53 Å². The van der Waals surface area contributed by atoms with Crippen molar-refractivity contribution in [2.45, 2.75) is 6.54 Å². The van der Waals surface area contributed by atoms with Gasteiger partial charge in [-0.2, -0.15) is 0 Å². The van der Waals surface area contributed by atoms with Crippen LogP contribution in [0.3, 0.4) is 0 Å². The van der Waals surface area contributed by atoms with Crippen molar-refractivity contribution in [3.05, 3.63) is 88.9 Å². The zero-order chi connectivity index (χ0) is 18.4. The number of carbonyl (C=O) groups excluding carboxylic acids is 1. The summed E-state index contributed by atoms with van der Waals surface area (Å²) in [5, 5.41) is 6.87. The predicted octanol–water partition coefficient (Wildman–Crippen LogP) is 5.21. The summed E-state index contributed by atoms with van der Waals surface area (Å²) in [6.45, 7) is 0.583. The molecule has 0 bridgehead atoms. The molecule has 0 heterocycles. The van der Waals surface area contributed by atoms with Crippen LogP contribution in [0.5, 0.6) is 5.75 Å². The fraction of sp³-hybridized carbons (Fsp3) is 0.0952. The van der Waals surface area contributed by atoms with Crippen LogP contribution in [0.4, 0.5) is 11.4 Å². The molecule has 0 saturated heterocycles. The molecular weight excluding hydrogens is 348 g/mol. The van der Waals surface area contributed by atoms with Crippen LogP contribution < -0.4 is 15.4 Å². The first kappa shape index (κ1) is 17.8. The minimum atomic E-state index is -0.130. The largest absolute Gasteiger partial charge is 0.496 e. The molecule has 1 amide bonds. The fourth-order valence-corrected chi connectivity index (χ4v) is 2.74. The Kier molecular flexibility index (Phi) is 5.77. The number of amides is 1. The number of benzene rings is 3. The number of nitrogens with one attached hydrogen (secondary N) is 2. The SMILES string of the molecule is COc1ccc(Cl)cc1CNc1ccc(NC(=O)c2ccccc2)cc1. The van der Waals surface area contributed by atoms with Gasteiger partial charge < -0.3 is 15.4 Å². The van der Waals surface area contributed by atoms with Gasteiger partial charge in [-0.1, -0.05) is 29.8 Å². The number of hydrogen-bond donors (Lipinski definition) is 2. The van der Waals surface area contributed by atoms with Gasteiger partial charge in [0, 0.05) is 34.1 Å². The van der Waals surface area contributed by atoms with Crippen molar-refractivity contribution >= 4 is 28.9 Å². The first-order chi connectivity index (χ1) is 12.7. The van der Waals surface area contributed by atoms with Crippen LogP contribution in [0, 0.1) is 0 Å². The summed E-state index contributed by atoms with van der Waals surface area (Å²) < 4.78 is 5.35. The maximum atomic E-state index is 12.2. The zero-order valence-electron chi connectivity index (χ0n) is 14.3. The summed E-state index contributed by atoms with van der Waals surface area (Å²) >= 11 is 6.05. The standard InChI is InChI=1S/C21H19ClN2O2/c1-26-20-12-7-17(22)13-16(20)14-23-18-8-10-19(11-9-18)24-21(25)15-5-3-2-4-6-15/h2-13,23H,14H2,1H3,(H,24,25). The van der Waals surface area contributed by atoms with Gasteiger partial charge in [-0.3, -0.25) is 4.79 Å². The van der Waals surface area contributed by atoms with Crippen molar-refractivity contribution in [1.29, 1.82) is 0 Å². The number of ether oxygens (including phenoxy) is 1. The Labute approximate surface area is 157 Å². The van der Waals surface area contributed by atoms with Gasteiger partial charge in [0.2, 0.25) is 0 Å². The summed E-state index contributed by atoms with van der Waals surface area (Å²) in [5.41, 5.74) is 3.28. The monoisotopic (exact) mass is 366 g/mol. The molecule has 4 nitrogen and oxygen atoms in total. The topological polar surface area (TPSA) is 50.4 Å². The number of halogens is 1. The molecule has 2 N–H and O–H groups in total. The molecule has 0 aliphatic rings. The minimum Gasteiger partial charge on any atom is -0.496 e. The van der Waals surface area contributed by atoms with Crippen molar-refractivity contribution in [2.24, 2.45) is 0 Å². The van der Waals surface area contributed by atoms with Crippen molar-refractivity contribution in [3.8, 4) is 5.75 Å². The molecule has 5 heteroatoms. The molecule has 0 aliphatic heterocycles. The molecule has 0 radical (unpaired) electrons. The third-order valence-electron chi connectivity index (χ3n) is 3.90. The molecule has 26 heavy (non-hydrogen) atoms. The van der Waals surface area contributed by atoms with Gasteiger partial charge in [0.15, 0.2) is 0 Å². The second-order valence-corrected chi connectivity index (χ2v) is 6.14. The molecule has 3 aromatic rings. The predicted molar refractivity (Wildman–Crippen MR) is 106 cm³/mol. The summed E-state index contributed by atoms with van der Waals surface area (Å²) in [6.07, 6.45) is 0. The lowest BCUT2D eigenvalue weighted by molar-refractivity contribution is 0.102. The number of methoxy groups -OCH3 is 1. The van der Waals surface area contributed by atoms with Gasteiger partial charge in [0.1, 0.15) is 5.75 Å². The Morgan fingerprint density at radius 3 is 2.35 bits per heavy atom. The van der Waals surface area contributed by atoms with E-state index in [1.165, 1.54) is 0 Å². The molecule has 0 aromatic heterocycles. The van der Waals surface area contributed by atoms with Crippen molar-refractivity contribution in [1.82, 2.24) is 0 Å². The van der Waals surface area contributed by atoms with Crippen molar-refractivity contribution in [3.63, 3.8) is 0 Å². The average Bonchev–Trinajstić information content (AvgIpc) is 2.68. The number of rotatable bonds is 6. The number of carbonyl (C=O) groups is 1. The first-order valence-corrected chi connectivity index (χ1v) is 8.56. The van der Waals surface area contributed by atoms with Crippen LogP contribution in [0.15, 0.2) is 72.8 Å². The number of hydrogen-bond acceptors (Lipinski definition) is 3. The average molecular weight is 367 g/mol. The number of anilines is 2. The second-order valence-electron chi connectivity index (χ2n) is 5.71. The maximum Gasteiger partial charge on any atom is 0.255 e. The Bertz CT molecular complexity index is 880. The van der Waals surface area contributed by atoms with Crippen LogP contribution in [0.1, 0.15) is 15.9 Å². The van der Waals surface area contributed by atoms with E-state index in [1.54, 1.807) is 25.3 Å². The summed E-state index contributed by atoms with van der Waals surface area (Å²) in [7, 11) is 1.64. The van der Waals surface area contributed by atoms with Crippen LogP contribution >= 0.6 is 11.6 Å². The summed E-state index contributed by atoms with van der Waals surface area (Å²) in [5.74, 6) is 0.656. The van der Waals surface area contributed by atoms with Gasteiger partial charge in [-0.25, -0.2) is 0 Å². The highest BCUT2D eigenvalue weighted by Crippen LogP contribution is 2.24. The summed E-state index contributed by atoms with van der Waals surface area (Å²) in [4.78, 5) is 12.2. The van der Waals surface area contributed by atoms with E-state index in [-0.39, 0.29) is 5.91 Å². The minimum absolute atomic E-state index is 0.130. The van der Waals surface area contributed by atoms with E-state index in [4.69, 9.17) is 16.3 Å². The van der Waals surface area contributed by atoms with Crippen LogP contribution in [0.2, 0.25) is 5.02 Å². The molecular formula is C21H19ClN2O2. The molecule has 0 saturated carbocycles. The van der Waals surface area contributed by atoms with Gasteiger partial charge in [0.25, 0.3) is 5.91 Å². The lowest BCUT2D eigenvalue weighted by Gasteiger charge is -2.12. The lowest BCUT2D eigenvalue weighted by Crippen LogP contribution is -2.11. The van der Waals surface area contributed by atoms with Gasteiger partial charge in [-0.05, 0) is 54.6 Å². The van der Waals surface area contributed by atoms with E-state index >= 15 is 0 Å². The Morgan fingerprint density at radius 2 is 1.65 bits per heavy atom. The molecule has 132 valence electrons. The van der Waals surface area contributed by atoms with E-state index in [2.05, 4.69) is 10.6 Å². The van der Waals surface area contributed by atoms with Crippen molar-refractivity contribution in [2.75, 3.05) is 17.7 Å². The highest BCUT2D eigenvalue weighted by Gasteiger charge is 2.06. The highest BCUT2D eigenvalue weighted by molar-refractivity contribution is 6.30. The second kappa shape index (κ2) is 8.41. The lowest BCUT2D eigenvalue weighted by atomic mass is 10.2. The van der Waals surface area contributed by atoms with E-state index in [0.29, 0.717) is 17.1 Å². The third-order valence-corrected chi connectivity index (χ3v) is 4.14. The van der Waals surface area contributed by atoms with Crippen LogP contribution in [0.25, 0.3) is 0 Å². The van der Waals surface area contributed by atoms with E-state index in [9.17, 15) is 4.79 Å². The molecule has 3 rings (SSSR count). The van der Waals surface area contributed by atoms with Gasteiger partial charge in [-0.15, -0.1) is 0 Å². The Morgan fingerprint density at radius 1 is 0.962 bits per heavy atom. The Hall–Kier alpha value is -2.98. The first-order valence-electron chi connectivity index (χ1n) is 8.18. The highest BCUT2D eigenvalue weighted by atomic mass is 35.5. The van der Waals surface area contributed by atoms with Gasteiger partial charge >= 0.3 is 0 Å². The Balaban J connectivity index is 1.61. The molecule has 0 fully saturated rings. The molecule has 0 spiro atoms. The molecule has 3 aromatic carbocycles. The van der Waals surface area contributed by atoms with E-state index < -0.39 is 0 Å². The summed E-state index contributed by atoms with van der Waals surface area (Å²) in [6, 6.07) is 22.2. The third kappa shape index (κ3) is 4.55. The quantitative estimate of drug-likeness (QED) is 0.629. The molecule has 0 unspecified atom stereocenters. The zero-order valence-corrected chi connectivity index (χ0v) is 15.1. The smallest absolute Gasteiger partial charge is 0.255 e. The van der Waals surface area contributed by atoms with E-state index in [1.807, 2.05) is 54.6 Å². The molecule has 0 aliphatic carbocycles. The molecule has 0 atom stereocenters. The van der Waals surface area contributed by atoms with Crippen LogP contribution in [-0.2, 0) is 6.54 Å². The van der Waals surface area contributed by atoms with Gasteiger partial charge in [0.05, 0.1) is 7.11 Å².